The minimum atomic E-state index is -0.0260. The van der Waals surface area contributed by atoms with Gasteiger partial charge >= 0.3 is 0 Å². The van der Waals surface area contributed by atoms with Crippen molar-refractivity contribution in [3.8, 4) is 0 Å². The molecule has 3 saturated heterocycles. The molecule has 3 aliphatic rings. The van der Waals surface area contributed by atoms with Crippen molar-refractivity contribution < 1.29 is 14.3 Å². The summed E-state index contributed by atoms with van der Waals surface area (Å²) in [6.45, 7) is 3.05. The van der Waals surface area contributed by atoms with Crippen LogP contribution in [0.15, 0.2) is 0 Å². The van der Waals surface area contributed by atoms with Crippen LogP contribution in [0.4, 0.5) is 0 Å². The zero-order chi connectivity index (χ0) is 14.0. The lowest BCUT2D eigenvalue weighted by atomic mass is 9.89. The Balaban J connectivity index is 1.59. The van der Waals surface area contributed by atoms with E-state index in [2.05, 4.69) is 5.32 Å². The molecule has 0 saturated carbocycles. The molecule has 5 nitrogen and oxygen atoms in total. The average molecular weight is 280 g/mol. The van der Waals surface area contributed by atoms with Crippen LogP contribution in [-0.4, -0.2) is 48.6 Å². The maximum absolute atomic E-state index is 12.6. The van der Waals surface area contributed by atoms with E-state index in [9.17, 15) is 9.59 Å². The number of hydrogen-bond donors (Lipinski definition) is 1. The largest absolute Gasteiger partial charge is 0.381 e. The molecule has 0 aliphatic carbocycles. The van der Waals surface area contributed by atoms with E-state index < -0.39 is 0 Å². The van der Waals surface area contributed by atoms with E-state index in [1.165, 1.54) is 0 Å². The van der Waals surface area contributed by atoms with E-state index in [1.807, 2.05) is 4.90 Å². The molecule has 3 aliphatic heterocycles. The normalized spacial score (nSPS) is 32.2. The van der Waals surface area contributed by atoms with Gasteiger partial charge in [-0.15, -0.1) is 0 Å². The summed E-state index contributed by atoms with van der Waals surface area (Å²) in [6, 6.07) is 0. The van der Waals surface area contributed by atoms with Gasteiger partial charge in [0.25, 0.3) is 0 Å². The van der Waals surface area contributed by atoms with E-state index >= 15 is 0 Å². The monoisotopic (exact) mass is 280 g/mol. The number of carbonyl (C=O) groups is 2. The fourth-order valence-corrected chi connectivity index (χ4v) is 3.77. The molecule has 1 spiro atoms. The van der Waals surface area contributed by atoms with E-state index in [4.69, 9.17) is 4.74 Å². The van der Waals surface area contributed by atoms with Gasteiger partial charge in [-0.3, -0.25) is 9.59 Å². The van der Waals surface area contributed by atoms with Gasteiger partial charge in [0, 0.05) is 44.2 Å². The number of nitrogens with zero attached hydrogens (tertiary/aromatic N) is 1. The highest BCUT2D eigenvalue weighted by Crippen LogP contribution is 2.32. The van der Waals surface area contributed by atoms with E-state index in [-0.39, 0.29) is 17.4 Å². The zero-order valence-electron chi connectivity index (χ0n) is 12.0. The molecule has 112 valence electrons. The molecule has 3 rings (SSSR count). The van der Waals surface area contributed by atoms with Crippen LogP contribution in [0.25, 0.3) is 0 Å². The molecule has 3 fully saturated rings. The van der Waals surface area contributed by atoms with Crippen LogP contribution in [0.1, 0.15) is 44.9 Å². The van der Waals surface area contributed by atoms with E-state index in [1.54, 1.807) is 0 Å². The van der Waals surface area contributed by atoms with Crippen LogP contribution >= 0.6 is 0 Å². The number of amides is 2. The number of rotatable bonds is 1. The molecular weight excluding hydrogens is 256 g/mol. The van der Waals surface area contributed by atoms with E-state index in [0.29, 0.717) is 25.5 Å². The van der Waals surface area contributed by atoms with E-state index in [0.717, 1.165) is 51.6 Å². The standard InChI is InChI=1S/C15H24N2O3/c18-13-2-6-15(16-13)5-1-8-17(9-7-15)14(19)12-3-10-20-11-4-12/h12H,1-11H2,(H,16,18). The number of carbonyl (C=O) groups excluding carboxylic acids is 2. The molecule has 1 unspecified atom stereocenters. The first kappa shape index (κ1) is 13.9. The second-order valence-electron chi connectivity index (χ2n) is 6.39. The van der Waals surface area contributed by atoms with Crippen molar-refractivity contribution in [3.05, 3.63) is 0 Å². The quantitative estimate of drug-likeness (QED) is 0.782. The second kappa shape index (κ2) is 5.72. The summed E-state index contributed by atoms with van der Waals surface area (Å²) in [5, 5.41) is 3.15. The van der Waals surface area contributed by atoms with Crippen molar-refractivity contribution >= 4 is 11.8 Å². The molecule has 3 heterocycles. The smallest absolute Gasteiger partial charge is 0.225 e. The Morgan fingerprint density at radius 2 is 2.00 bits per heavy atom. The first-order chi connectivity index (χ1) is 9.69. The lowest BCUT2D eigenvalue weighted by Gasteiger charge is -2.30. The van der Waals surface area contributed by atoms with Gasteiger partial charge in [-0.25, -0.2) is 0 Å². The van der Waals surface area contributed by atoms with Crippen molar-refractivity contribution in [2.24, 2.45) is 5.92 Å². The number of ether oxygens (including phenoxy) is 1. The Kier molecular flexibility index (Phi) is 3.96. The Morgan fingerprint density at radius 3 is 2.70 bits per heavy atom. The van der Waals surface area contributed by atoms with Gasteiger partial charge in [0.1, 0.15) is 0 Å². The van der Waals surface area contributed by atoms with Gasteiger partial charge in [-0.2, -0.15) is 0 Å². The molecule has 0 aromatic rings. The Bertz CT molecular complexity index is 393. The third-order valence-electron chi connectivity index (χ3n) is 5.06. The summed E-state index contributed by atoms with van der Waals surface area (Å²) in [5.74, 6) is 0.625. The molecule has 1 N–H and O–H groups in total. The minimum absolute atomic E-state index is 0.0260. The molecular formula is C15H24N2O3. The Hall–Kier alpha value is -1.10. The molecule has 0 bridgehead atoms. The average Bonchev–Trinajstić information content (AvgIpc) is 2.71. The summed E-state index contributed by atoms with van der Waals surface area (Å²) in [4.78, 5) is 26.1. The third kappa shape index (κ3) is 2.82. The lowest BCUT2D eigenvalue weighted by Crippen LogP contribution is -2.43. The van der Waals surface area contributed by atoms with Crippen LogP contribution in [-0.2, 0) is 14.3 Å². The summed E-state index contributed by atoms with van der Waals surface area (Å²) < 4.78 is 5.33. The molecule has 20 heavy (non-hydrogen) atoms. The Morgan fingerprint density at radius 1 is 1.20 bits per heavy atom. The summed E-state index contributed by atoms with van der Waals surface area (Å²) >= 11 is 0. The van der Waals surface area contributed by atoms with Gasteiger partial charge in [0.05, 0.1) is 0 Å². The number of nitrogens with one attached hydrogen (secondary N) is 1. The SMILES string of the molecule is O=C1CCC2(CCCN(C(=O)C3CCOCC3)CC2)N1. The van der Waals surface area contributed by atoms with Crippen LogP contribution in [0.3, 0.4) is 0 Å². The van der Waals surface area contributed by atoms with Gasteiger partial charge < -0.3 is 15.0 Å². The molecule has 2 amide bonds. The predicted molar refractivity (Wildman–Crippen MR) is 74.1 cm³/mol. The first-order valence-electron chi connectivity index (χ1n) is 7.86. The summed E-state index contributed by atoms with van der Waals surface area (Å²) in [6.07, 6.45) is 6.21. The second-order valence-corrected chi connectivity index (χ2v) is 6.39. The molecule has 0 radical (unpaired) electrons. The summed E-state index contributed by atoms with van der Waals surface area (Å²) in [5.41, 5.74) is -0.0260. The fourth-order valence-electron chi connectivity index (χ4n) is 3.77. The maximum atomic E-state index is 12.6. The van der Waals surface area contributed by atoms with Crippen molar-refractivity contribution in [3.63, 3.8) is 0 Å². The maximum Gasteiger partial charge on any atom is 0.225 e. The zero-order valence-corrected chi connectivity index (χ0v) is 12.0. The van der Waals surface area contributed by atoms with Crippen molar-refractivity contribution in [1.29, 1.82) is 0 Å². The van der Waals surface area contributed by atoms with Crippen molar-refractivity contribution in [2.75, 3.05) is 26.3 Å². The third-order valence-corrected chi connectivity index (χ3v) is 5.06. The van der Waals surface area contributed by atoms with Crippen LogP contribution in [0.5, 0.6) is 0 Å². The minimum Gasteiger partial charge on any atom is -0.381 e. The molecule has 1 atom stereocenters. The van der Waals surface area contributed by atoms with Crippen LogP contribution in [0.2, 0.25) is 0 Å². The van der Waals surface area contributed by atoms with Gasteiger partial charge in [-0.05, 0) is 38.5 Å². The predicted octanol–water partition coefficient (Wildman–Crippen LogP) is 1.07. The van der Waals surface area contributed by atoms with Crippen molar-refractivity contribution in [1.82, 2.24) is 10.2 Å². The van der Waals surface area contributed by atoms with Crippen molar-refractivity contribution in [2.45, 2.75) is 50.5 Å². The molecule has 5 heteroatoms. The highest BCUT2D eigenvalue weighted by molar-refractivity contribution is 5.80. The van der Waals surface area contributed by atoms with Gasteiger partial charge in [0.15, 0.2) is 0 Å². The Labute approximate surface area is 120 Å². The topological polar surface area (TPSA) is 58.6 Å². The fraction of sp³-hybridized carbons (Fsp3) is 0.867. The highest BCUT2D eigenvalue weighted by Gasteiger charge is 2.39. The van der Waals surface area contributed by atoms with Crippen LogP contribution < -0.4 is 5.32 Å². The first-order valence-corrected chi connectivity index (χ1v) is 7.86. The lowest BCUT2D eigenvalue weighted by molar-refractivity contribution is -0.138. The van der Waals surface area contributed by atoms with Gasteiger partial charge in [0.2, 0.25) is 11.8 Å². The highest BCUT2D eigenvalue weighted by atomic mass is 16.5. The molecule has 0 aromatic heterocycles. The van der Waals surface area contributed by atoms with Crippen LogP contribution in [0, 0.1) is 5.92 Å². The van der Waals surface area contributed by atoms with Gasteiger partial charge in [-0.1, -0.05) is 0 Å². The summed E-state index contributed by atoms with van der Waals surface area (Å²) in [7, 11) is 0. The molecule has 0 aromatic carbocycles. The number of hydrogen-bond acceptors (Lipinski definition) is 3. The number of likely N-dealkylation sites (tertiary alicyclic amines) is 1.